The number of hydrogen-bond acceptors (Lipinski definition) is 9. The number of aromatic hydroxyl groups is 1. The number of H-pyrrole nitrogens is 1. The summed E-state index contributed by atoms with van der Waals surface area (Å²) >= 11 is 0. The molecule has 0 spiro atoms. The van der Waals surface area contributed by atoms with E-state index in [9.17, 15) is 24.9 Å². The Balaban J connectivity index is 1.52. The van der Waals surface area contributed by atoms with E-state index in [4.69, 9.17) is 15.6 Å². The monoisotopic (exact) mass is 635 g/mol. The Kier molecular flexibility index (Phi) is 12.7. The minimum absolute atomic E-state index is 0.0615. The highest BCUT2D eigenvalue weighted by atomic mass is 16.5. The van der Waals surface area contributed by atoms with Crippen molar-refractivity contribution in [2.24, 2.45) is 11.1 Å². The summed E-state index contributed by atoms with van der Waals surface area (Å²) in [6, 6.07) is 7.33. The Hall–Kier alpha value is -3.86. The second-order valence-electron chi connectivity index (χ2n) is 12.4. The van der Waals surface area contributed by atoms with Gasteiger partial charge in [0.1, 0.15) is 5.82 Å². The number of aliphatic hydroxyl groups is 3. The van der Waals surface area contributed by atoms with Crippen molar-refractivity contribution >= 4 is 11.6 Å². The van der Waals surface area contributed by atoms with Crippen LogP contribution in [0.15, 0.2) is 65.7 Å². The van der Waals surface area contributed by atoms with Gasteiger partial charge in [-0.15, -0.1) is 0 Å². The minimum atomic E-state index is -1.66. The maximum atomic E-state index is 12.9. The Bertz CT molecular complexity index is 1430. The highest BCUT2D eigenvalue weighted by Gasteiger charge is 2.45. The van der Waals surface area contributed by atoms with Gasteiger partial charge in [-0.05, 0) is 55.0 Å². The average molecular weight is 636 g/mol. The summed E-state index contributed by atoms with van der Waals surface area (Å²) in [6.07, 6.45) is 13.2. The molecular formula is C36H49N3O7. The lowest BCUT2D eigenvalue weighted by Gasteiger charge is -2.43. The van der Waals surface area contributed by atoms with E-state index in [-0.39, 0.29) is 44.0 Å². The Morgan fingerprint density at radius 2 is 1.78 bits per heavy atom. The topological polar surface area (TPSA) is 178 Å². The molecule has 1 aliphatic carbocycles. The number of aromatic nitrogens is 1. The number of aromatic amines is 1. The molecule has 1 aromatic carbocycles. The number of ether oxygens (including phenoxy) is 1. The zero-order valence-electron chi connectivity index (χ0n) is 26.8. The molecule has 250 valence electrons. The number of hydrogen-bond donors (Lipinski definition) is 7. The molecule has 3 atom stereocenters. The average Bonchev–Trinajstić information content (AvgIpc) is 3.57. The number of nitrogens with two attached hydrogens (primary N) is 1. The van der Waals surface area contributed by atoms with Crippen LogP contribution in [-0.4, -0.2) is 69.9 Å². The standard InChI is InChI=1S/C36H49N3O7/c1-46-31-21-24(12-13-30(43)34(45)29(42)11-7-5-3-2-4-6-8-19-40)20-28(33(31)44)32-26-15-18-39-35(37)27(26)14-16-36(32,23-41)22-25-10-9-17-38-25/h9-10,14-17,20-21,32,34,38-41,44-45H,2-8,11-13,18-19,22-23,37H2,1H3/t32-,34+,36-/m0/s1. The zero-order valence-corrected chi connectivity index (χ0v) is 26.8. The number of carbonyl (C=O) groups is 2. The van der Waals surface area contributed by atoms with Gasteiger partial charge in [0.2, 0.25) is 0 Å². The van der Waals surface area contributed by atoms with E-state index < -0.39 is 29.0 Å². The summed E-state index contributed by atoms with van der Waals surface area (Å²) in [4.78, 5) is 28.7. The van der Waals surface area contributed by atoms with Crippen LogP contribution in [0.25, 0.3) is 0 Å². The molecule has 0 amide bonds. The van der Waals surface area contributed by atoms with Crippen LogP contribution in [0.3, 0.4) is 0 Å². The highest BCUT2D eigenvalue weighted by molar-refractivity contribution is 6.05. The Morgan fingerprint density at radius 1 is 1.07 bits per heavy atom. The van der Waals surface area contributed by atoms with Crippen LogP contribution < -0.4 is 15.8 Å². The first-order valence-corrected chi connectivity index (χ1v) is 16.3. The normalized spacial score (nSPS) is 19.7. The van der Waals surface area contributed by atoms with Crippen molar-refractivity contribution in [1.82, 2.24) is 10.3 Å². The molecule has 8 N–H and O–H groups in total. The van der Waals surface area contributed by atoms with Gasteiger partial charge in [-0.1, -0.05) is 56.4 Å². The number of phenolic OH excluding ortho intramolecular Hbond substituents is 1. The molecule has 0 fully saturated rings. The molecular weight excluding hydrogens is 586 g/mol. The summed E-state index contributed by atoms with van der Waals surface area (Å²) in [7, 11) is 1.46. The molecule has 0 radical (unpaired) electrons. The van der Waals surface area contributed by atoms with Crippen LogP contribution >= 0.6 is 0 Å². The van der Waals surface area contributed by atoms with Gasteiger partial charge in [-0.25, -0.2) is 0 Å². The third-order valence-corrected chi connectivity index (χ3v) is 9.21. The number of carbonyl (C=O) groups excluding carboxylic acids is 2. The number of aryl methyl sites for hydroxylation is 1. The lowest BCUT2D eigenvalue weighted by atomic mass is 9.61. The van der Waals surface area contributed by atoms with Crippen molar-refractivity contribution < 1.29 is 34.8 Å². The molecule has 1 aliphatic heterocycles. The van der Waals surface area contributed by atoms with Crippen LogP contribution in [0.4, 0.5) is 0 Å². The summed E-state index contributed by atoms with van der Waals surface area (Å²) in [5.74, 6) is -0.845. The van der Waals surface area contributed by atoms with Gasteiger partial charge in [0, 0.05) is 60.4 Å². The third kappa shape index (κ3) is 8.29. The number of ketones is 2. The molecule has 0 bridgehead atoms. The van der Waals surface area contributed by atoms with Crippen molar-refractivity contribution in [3.63, 3.8) is 0 Å². The van der Waals surface area contributed by atoms with Gasteiger partial charge in [-0.3, -0.25) is 9.59 Å². The van der Waals surface area contributed by atoms with Gasteiger partial charge in [0.25, 0.3) is 0 Å². The molecule has 1 aromatic heterocycles. The summed E-state index contributed by atoms with van der Waals surface area (Å²) in [6.45, 7) is 0.485. The molecule has 2 aliphatic rings. The zero-order chi connectivity index (χ0) is 33.1. The van der Waals surface area contributed by atoms with E-state index in [1.807, 2.05) is 42.6 Å². The number of phenols is 1. The molecule has 2 aromatic rings. The number of dihydropyridines is 1. The van der Waals surface area contributed by atoms with Gasteiger partial charge in [0.15, 0.2) is 29.2 Å². The number of rotatable bonds is 19. The number of unbranched alkanes of at least 4 members (excludes halogenated alkanes) is 6. The van der Waals surface area contributed by atoms with Crippen LogP contribution in [0.1, 0.15) is 80.5 Å². The van der Waals surface area contributed by atoms with Gasteiger partial charge >= 0.3 is 0 Å². The van der Waals surface area contributed by atoms with Crippen molar-refractivity contribution in [2.45, 2.75) is 82.7 Å². The van der Waals surface area contributed by atoms with Crippen molar-refractivity contribution in [3.05, 3.63) is 82.5 Å². The maximum absolute atomic E-state index is 12.9. The number of nitrogens with one attached hydrogen (secondary N) is 2. The van der Waals surface area contributed by atoms with Gasteiger partial charge < -0.3 is 41.2 Å². The first-order valence-electron chi connectivity index (χ1n) is 16.3. The van der Waals surface area contributed by atoms with Crippen molar-refractivity contribution in [3.8, 4) is 11.5 Å². The van der Waals surface area contributed by atoms with E-state index >= 15 is 0 Å². The fourth-order valence-electron chi connectivity index (χ4n) is 6.64. The quantitative estimate of drug-likeness (QED) is 0.0892. The fourth-order valence-corrected chi connectivity index (χ4v) is 6.64. The number of aliphatic hydroxyl groups excluding tert-OH is 3. The summed E-state index contributed by atoms with van der Waals surface area (Å²) < 4.78 is 5.56. The minimum Gasteiger partial charge on any atom is -0.504 e. The van der Waals surface area contributed by atoms with E-state index in [1.54, 1.807) is 6.07 Å². The fraction of sp³-hybridized carbons (Fsp3) is 0.500. The highest BCUT2D eigenvalue weighted by Crippen LogP contribution is 2.54. The second-order valence-corrected chi connectivity index (χ2v) is 12.4. The predicted octanol–water partition coefficient (Wildman–Crippen LogP) is 3.85. The first kappa shape index (κ1) is 35.0. The number of Topliss-reactive ketones (excluding diaryl/α,β-unsaturated/α-hetero) is 2. The first-order chi connectivity index (χ1) is 22.2. The van der Waals surface area contributed by atoms with Gasteiger partial charge in [0.05, 0.1) is 13.7 Å². The van der Waals surface area contributed by atoms with Crippen molar-refractivity contribution in [2.75, 3.05) is 26.9 Å². The van der Waals surface area contributed by atoms with Crippen LogP contribution in [-0.2, 0) is 22.4 Å². The van der Waals surface area contributed by atoms with Crippen molar-refractivity contribution in [1.29, 1.82) is 0 Å². The number of methoxy groups -OCH3 is 1. The van der Waals surface area contributed by atoms with Crippen LogP contribution in [0.5, 0.6) is 11.5 Å². The molecule has 46 heavy (non-hydrogen) atoms. The van der Waals surface area contributed by atoms with E-state index in [0.29, 0.717) is 36.3 Å². The maximum Gasteiger partial charge on any atom is 0.170 e. The lowest BCUT2D eigenvalue weighted by molar-refractivity contribution is -0.138. The molecule has 0 saturated heterocycles. The van der Waals surface area contributed by atoms with Crippen LogP contribution in [0.2, 0.25) is 0 Å². The Labute approximate surface area is 271 Å². The smallest absolute Gasteiger partial charge is 0.170 e. The molecule has 10 nitrogen and oxygen atoms in total. The molecule has 2 heterocycles. The van der Waals surface area contributed by atoms with E-state index in [1.165, 1.54) is 7.11 Å². The number of benzene rings is 1. The lowest BCUT2D eigenvalue weighted by Crippen LogP contribution is -2.40. The SMILES string of the molecule is COc1cc(CCC(=O)[C@H](O)C(=O)CCCCCCCCCO)cc([C@@H]2C3=CCNC(N)=C3C=C[C@@]2(CO)Cc2ccc[nH]2)c1O. The largest absolute Gasteiger partial charge is 0.504 e. The molecule has 0 saturated carbocycles. The third-order valence-electron chi connectivity index (χ3n) is 9.21. The number of fused-ring (bicyclic) bond motifs is 1. The summed E-state index contributed by atoms with van der Waals surface area (Å²) in [5.41, 5.74) is 9.30. The van der Waals surface area contributed by atoms with Crippen LogP contribution in [0, 0.1) is 5.41 Å². The molecule has 4 rings (SSSR count). The summed E-state index contributed by atoms with van der Waals surface area (Å²) in [5, 5.41) is 45.0. The van der Waals surface area contributed by atoms with Gasteiger partial charge in [-0.2, -0.15) is 0 Å². The number of allylic oxidation sites excluding steroid dienone is 3. The molecule has 0 unspecified atom stereocenters. The van der Waals surface area contributed by atoms with E-state index in [0.717, 1.165) is 55.4 Å². The predicted molar refractivity (Wildman–Crippen MR) is 176 cm³/mol. The Morgan fingerprint density at radius 3 is 2.46 bits per heavy atom. The van der Waals surface area contributed by atoms with E-state index in [2.05, 4.69) is 10.3 Å². The molecule has 10 heteroatoms. The second kappa shape index (κ2) is 16.6.